The van der Waals surface area contributed by atoms with Crippen molar-refractivity contribution in [1.29, 1.82) is 0 Å². The number of halogens is 2. The second-order valence-electron chi connectivity index (χ2n) is 1.62. The number of hydrogen-bond acceptors (Lipinski definition) is 3. The zero-order valence-corrected chi connectivity index (χ0v) is 5.25. The third-order valence-corrected chi connectivity index (χ3v) is 0.864. The highest BCUT2D eigenvalue weighted by Gasteiger charge is 2.03. The summed E-state index contributed by atoms with van der Waals surface area (Å²) in [7, 11) is 0. The van der Waals surface area contributed by atoms with Gasteiger partial charge in [-0.2, -0.15) is 8.78 Å². The molecule has 60 valence electrons. The van der Waals surface area contributed by atoms with Gasteiger partial charge in [0.05, 0.1) is 0 Å². The Balaban J connectivity index is 2.80. The van der Waals surface area contributed by atoms with Crippen LogP contribution in [-0.2, 0) is 0 Å². The average molecular weight is 162 g/mol. The number of hydrogen-bond donors (Lipinski definition) is 1. The zero-order chi connectivity index (χ0) is 8.27. The summed E-state index contributed by atoms with van der Waals surface area (Å²) < 4.78 is 26.8. The number of ether oxygens (including phenoxy) is 1. The maximum atomic E-state index is 11.5. The van der Waals surface area contributed by atoms with Crippen LogP contribution >= 0.6 is 0 Å². The molecule has 1 aromatic heterocycles. The molecule has 0 saturated heterocycles. The topological polar surface area (TPSA) is 55.0 Å². The number of nitrogens with zero attached hydrogens (tertiary/aromatic N) is 1. The Kier molecular flexibility index (Phi) is 2.15. The van der Waals surface area contributed by atoms with Crippen LogP contribution in [0.15, 0.2) is 17.1 Å². The van der Waals surface area contributed by atoms with E-state index >= 15 is 0 Å². The normalized spacial score (nSPS) is 10.1. The van der Waals surface area contributed by atoms with E-state index in [1.165, 1.54) is 0 Å². The first kappa shape index (κ1) is 7.64. The van der Waals surface area contributed by atoms with Crippen molar-refractivity contribution in [3.05, 3.63) is 22.7 Å². The highest BCUT2D eigenvalue weighted by molar-refractivity contribution is 5.04. The van der Waals surface area contributed by atoms with Gasteiger partial charge in [0.25, 0.3) is 0 Å². The van der Waals surface area contributed by atoms with Crippen molar-refractivity contribution in [3.63, 3.8) is 0 Å². The molecule has 4 nitrogen and oxygen atoms in total. The molecule has 0 aliphatic rings. The highest BCUT2D eigenvalue weighted by atomic mass is 19.3. The van der Waals surface area contributed by atoms with E-state index in [9.17, 15) is 13.6 Å². The summed E-state index contributed by atoms with van der Waals surface area (Å²) in [5.41, 5.74) is -0.719. The molecule has 0 bridgehead atoms. The van der Waals surface area contributed by atoms with E-state index in [1.54, 1.807) is 0 Å². The quantitative estimate of drug-likeness (QED) is 0.683. The summed E-state index contributed by atoms with van der Waals surface area (Å²) in [4.78, 5) is 15.6. The molecule has 0 atom stereocenters. The first-order chi connectivity index (χ1) is 5.18. The Morgan fingerprint density at radius 1 is 1.64 bits per heavy atom. The molecule has 1 N–H and O–H groups in total. The van der Waals surface area contributed by atoms with Crippen molar-refractivity contribution in [2.24, 2.45) is 0 Å². The molecule has 1 rings (SSSR count). The van der Waals surface area contributed by atoms with Crippen molar-refractivity contribution in [2.45, 2.75) is 6.61 Å². The second kappa shape index (κ2) is 3.09. The van der Waals surface area contributed by atoms with Gasteiger partial charge in [0, 0.05) is 12.3 Å². The van der Waals surface area contributed by atoms with Crippen molar-refractivity contribution >= 4 is 0 Å². The van der Waals surface area contributed by atoms with Crippen LogP contribution in [0.2, 0.25) is 0 Å². The van der Waals surface area contributed by atoms with Crippen LogP contribution in [-0.4, -0.2) is 16.6 Å². The molecule has 11 heavy (non-hydrogen) atoms. The molecule has 0 amide bonds. The second-order valence-corrected chi connectivity index (χ2v) is 1.62. The Morgan fingerprint density at radius 3 is 2.91 bits per heavy atom. The van der Waals surface area contributed by atoms with Crippen LogP contribution < -0.4 is 10.4 Å². The highest BCUT2D eigenvalue weighted by Crippen LogP contribution is 2.04. The molecule has 0 aliphatic heterocycles. The van der Waals surface area contributed by atoms with E-state index in [0.717, 1.165) is 12.3 Å². The molecular weight excluding hydrogens is 158 g/mol. The third-order valence-electron chi connectivity index (χ3n) is 0.864. The van der Waals surface area contributed by atoms with Gasteiger partial charge in [-0.15, -0.1) is 0 Å². The number of H-pyrrole nitrogens is 1. The van der Waals surface area contributed by atoms with Gasteiger partial charge in [0.1, 0.15) is 0 Å². The molecule has 0 unspecified atom stereocenters. The summed E-state index contributed by atoms with van der Waals surface area (Å²) in [6.07, 6.45) is 1.08. The molecule has 0 spiro atoms. The Morgan fingerprint density at radius 2 is 2.36 bits per heavy atom. The molecule has 1 heterocycles. The van der Waals surface area contributed by atoms with E-state index in [-0.39, 0.29) is 5.88 Å². The fourth-order valence-electron chi connectivity index (χ4n) is 0.517. The van der Waals surface area contributed by atoms with Gasteiger partial charge in [-0.3, -0.25) is 4.98 Å². The minimum Gasteiger partial charge on any atom is -0.419 e. The summed E-state index contributed by atoms with van der Waals surface area (Å²) in [6.45, 7) is -2.94. The molecule has 0 aromatic carbocycles. The zero-order valence-electron chi connectivity index (χ0n) is 5.25. The van der Waals surface area contributed by atoms with E-state index in [4.69, 9.17) is 0 Å². The van der Waals surface area contributed by atoms with Crippen molar-refractivity contribution < 1.29 is 13.5 Å². The van der Waals surface area contributed by atoms with Gasteiger partial charge >= 0.3 is 12.3 Å². The van der Waals surface area contributed by atoms with Crippen LogP contribution in [0.4, 0.5) is 8.78 Å². The lowest BCUT2D eigenvalue weighted by atomic mass is 10.6. The molecule has 0 fully saturated rings. The number of aromatic nitrogens is 2. The van der Waals surface area contributed by atoms with Crippen molar-refractivity contribution in [3.8, 4) is 5.88 Å². The van der Waals surface area contributed by atoms with Crippen LogP contribution in [0.1, 0.15) is 0 Å². The fourth-order valence-corrected chi connectivity index (χ4v) is 0.517. The minimum absolute atomic E-state index is 0.292. The molecule has 0 aliphatic carbocycles. The maximum absolute atomic E-state index is 11.5. The molecule has 0 radical (unpaired) electrons. The van der Waals surface area contributed by atoms with E-state index < -0.39 is 12.3 Å². The van der Waals surface area contributed by atoms with Gasteiger partial charge in [-0.05, 0) is 0 Å². The Bertz CT molecular complexity index is 286. The number of alkyl halides is 2. The van der Waals surface area contributed by atoms with Crippen molar-refractivity contribution in [2.75, 3.05) is 0 Å². The van der Waals surface area contributed by atoms with Crippen LogP contribution in [0.5, 0.6) is 5.88 Å². The van der Waals surface area contributed by atoms with Crippen LogP contribution in [0, 0.1) is 0 Å². The Hall–Kier alpha value is -1.46. The van der Waals surface area contributed by atoms with Gasteiger partial charge < -0.3 is 4.74 Å². The van der Waals surface area contributed by atoms with E-state index in [0.29, 0.717) is 0 Å². The predicted molar refractivity (Wildman–Crippen MR) is 31.5 cm³/mol. The fraction of sp³-hybridized carbons (Fsp3) is 0.200. The third kappa shape index (κ3) is 2.32. The van der Waals surface area contributed by atoms with E-state index in [2.05, 4.69) is 9.72 Å². The lowest BCUT2D eigenvalue weighted by Crippen LogP contribution is -2.12. The SMILES string of the molecule is O=c1nccc(OC(F)F)[nH]1. The predicted octanol–water partition coefficient (Wildman–Crippen LogP) is 0.371. The molecule has 0 saturated carbocycles. The van der Waals surface area contributed by atoms with Crippen LogP contribution in [0.3, 0.4) is 0 Å². The van der Waals surface area contributed by atoms with Gasteiger partial charge in [-0.1, -0.05) is 0 Å². The van der Waals surface area contributed by atoms with Crippen molar-refractivity contribution in [1.82, 2.24) is 9.97 Å². The maximum Gasteiger partial charge on any atom is 0.388 e. The Labute approximate surface area is 59.8 Å². The lowest BCUT2D eigenvalue weighted by molar-refractivity contribution is -0.0530. The monoisotopic (exact) mass is 162 g/mol. The number of aromatic amines is 1. The van der Waals surface area contributed by atoms with Gasteiger partial charge in [-0.25, -0.2) is 9.78 Å². The lowest BCUT2D eigenvalue weighted by Gasteiger charge is -2.00. The standard InChI is InChI=1S/C5H4F2N2O2/c6-4(7)11-3-1-2-8-5(10)9-3/h1-2,4H,(H,8,9,10). The van der Waals surface area contributed by atoms with Crippen LogP contribution in [0.25, 0.3) is 0 Å². The summed E-state index contributed by atoms with van der Waals surface area (Å²) in [6, 6.07) is 1.13. The summed E-state index contributed by atoms with van der Waals surface area (Å²) in [5.74, 6) is -0.292. The van der Waals surface area contributed by atoms with E-state index in [1.807, 2.05) is 4.98 Å². The van der Waals surface area contributed by atoms with Gasteiger partial charge in [0.15, 0.2) is 0 Å². The smallest absolute Gasteiger partial charge is 0.388 e. The molecule has 1 aromatic rings. The molecular formula is C5H4F2N2O2. The first-order valence-electron chi connectivity index (χ1n) is 2.68. The number of rotatable bonds is 2. The average Bonchev–Trinajstić information content (AvgIpc) is 1.85. The molecule has 6 heteroatoms. The number of nitrogens with one attached hydrogen (secondary N) is 1. The minimum atomic E-state index is -2.94. The summed E-state index contributed by atoms with van der Waals surface area (Å²) in [5, 5.41) is 0. The van der Waals surface area contributed by atoms with Gasteiger partial charge in [0.2, 0.25) is 5.88 Å². The summed E-state index contributed by atoms with van der Waals surface area (Å²) >= 11 is 0. The first-order valence-corrected chi connectivity index (χ1v) is 2.68. The largest absolute Gasteiger partial charge is 0.419 e.